The molecule has 1 aromatic heterocycles. The molecular weight excluding hydrogens is 224 g/mol. The van der Waals surface area contributed by atoms with Crippen LogP contribution in [0.4, 0.5) is 0 Å². The Kier molecular flexibility index (Phi) is 3.26. The molecule has 0 aliphatic rings. The van der Waals surface area contributed by atoms with Gasteiger partial charge < -0.3 is 10.2 Å². The molecule has 0 bridgehead atoms. The minimum Gasteiger partial charge on any atom is -0.444 e. The lowest BCUT2D eigenvalue weighted by molar-refractivity contribution is 0.512. The Hall–Kier alpha value is -1.61. The maximum atomic E-state index is 5.75. The van der Waals surface area contributed by atoms with Crippen molar-refractivity contribution in [2.45, 2.75) is 33.1 Å². The predicted molar refractivity (Wildman–Crippen MR) is 73.5 cm³/mol. The van der Waals surface area contributed by atoms with Gasteiger partial charge in [-0.1, -0.05) is 31.5 Å². The fraction of sp³-hybridized carbons (Fsp3) is 0.400. The molecule has 0 aliphatic carbocycles. The largest absolute Gasteiger partial charge is 0.444 e. The second-order valence-corrected chi connectivity index (χ2v) is 5.44. The highest BCUT2D eigenvalue weighted by atomic mass is 16.3. The maximum Gasteiger partial charge on any atom is 0.226 e. The van der Waals surface area contributed by atoms with E-state index in [-0.39, 0.29) is 5.41 Å². The fourth-order valence-corrected chi connectivity index (χ4v) is 1.87. The van der Waals surface area contributed by atoms with Gasteiger partial charge in [0.2, 0.25) is 5.89 Å². The topological polar surface area (TPSA) is 52.0 Å². The van der Waals surface area contributed by atoms with E-state index in [4.69, 9.17) is 10.2 Å². The zero-order chi connectivity index (χ0) is 13.3. The minimum atomic E-state index is -0.152. The summed E-state index contributed by atoms with van der Waals surface area (Å²) in [5.74, 6) is 0.670. The molecule has 0 saturated heterocycles. The number of rotatable bonds is 3. The van der Waals surface area contributed by atoms with Gasteiger partial charge in [0.1, 0.15) is 6.26 Å². The lowest BCUT2D eigenvalue weighted by Gasteiger charge is -2.18. The van der Waals surface area contributed by atoms with Gasteiger partial charge in [-0.15, -0.1) is 0 Å². The first-order chi connectivity index (χ1) is 8.44. The summed E-state index contributed by atoms with van der Waals surface area (Å²) in [5, 5.41) is 0. The lowest BCUT2D eigenvalue weighted by Crippen LogP contribution is -2.28. The predicted octanol–water partition coefficient (Wildman–Crippen LogP) is 3.19. The molecule has 2 N–H and O–H groups in total. The molecule has 0 aliphatic heterocycles. The molecule has 0 atom stereocenters. The van der Waals surface area contributed by atoms with Gasteiger partial charge >= 0.3 is 0 Å². The molecular formula is C15H20N2O. The van der Waals surface area contributed by atoms with Gasteiger partial charge in [-0.05, 0) is 25.5 Å². The van der Waals surface area contributed by atoms with E-state index in [1.165, 1.54) is 11.1 Å². The first-order valence-electron chi connectivity index (χ1n) is 6.18. The van der Waals surface area contributed by atoms with Crippen molar-refractivity contribution >= 4 is 0 Å². The number of hydrogen-bond acceptors (Lipinski definition) is 3. The van der Waals surface area contributed by atoms with Crippen LogP contribution in [0.15, 0.2) is 28.9 Å². The highest BCUT2D eigenvalue weighted by Gasteiger charge is 2.23. The van der Waals surface area contributed by atoms with Crippen LogP contribution in [-0.4, -0.2) is 11.5 Å². The van der Waals surface area contributed by atoms with Crippen molar-refractivity contribution in [3.8, 4) is 11.5 Å². The first-order valence-corrected chi connectivity index (χ1v) is 6.18. The molecule has 3 heteroatoms. The van der Waals surface area contributed by atoms with E-state index in [1.807, 2.05) is 0 Å². The van der Waals surface area contributed by atoms with Crippen LogP contribution in [0.3, 0.4) is 0 Å². The van der Waals surface area contributed by atoms with Gasteiger partial charge in [-0.25, -0.2) is 4.98 Å². The van der Waals surface area contributed by atoms with Crippen LogP contribution in [0.25, 0.3) is 11.5 Å². The highest BCUT2D eigenvalue weighted by Crippen LogP contribution is 2.27. The third-order valence-electron chi connectivity index (χ3n) is 3.32. The summed E-state index contributed by atoms with van der Waals surface area (Å²) in [4.78, 5) is 4.57. The molecule has 0 saturated carbocycles. The number of oxazole rings is 1. The number of aromatic nitrogens is 1. The van der Waals surface area contributed by atoms with E-state index >= 15 is 0 Å². The number of nitrogens with zero attached hydrogens (tertiary/aromatic N) is 1. The zero-order valence-electron chi connectivity index (χ0n) is 11.4. The van der Waals surface area contributed by atoms with E-state index in [9.17, 15) is 0 Å². The second-order valence-electron chi connectivity index (χ2n) is 5.44. The van der Waals surface area contributed by atoms with Gasteiger partial charge in [0.25, 0.3) is 0 Å². The summed E-state index contributed by atoms with van der Waals surface area (Å²) < 4.78 is 5.59. The van der Waals surface area contributed by atoms with E-state index in [1.54, 1.807) is 6.26 Å². The van der Waals surface area contributed by atoms with Crippen LogP contribution in [0.2, 0.25) is 0 Å². The van der Waals surface area contributed by atoms with Crippen LogP contribution in [0, 0.1) is 13.8 Å². The van der Waals surface area contributed by atoms with Crippen LogP contribution < -0.4 is 5.73 Å². The molecule has 18 heavy (non-hydrogen) atoms. The van der Waals surface area contributed by atoms with Crippen molar-refractivity contribution in [2.24, 2.45) is 5.73 Å². The summed E-state index contributed by atoms with van der Waals surface area (Å²) in [5.41, 5.74) is 9.96. The van der Waals surface area contributed by atoms with Crippen LogP contribution in [0.1, 0.15) is 30.7 Å². The van der Waals surface area contributed by atoms with Gasteiger partial charge in [-0.3, -0.25) is 0 Å². The third-order valence-corrected chi connectivity index (χ3v) is 3.32. The zero-order valence-corrected chi connectivity index (χ0v) is 11.4. The summed E-state index contributed by atoms with van der Waals surface area (Å²) in [6.07, 6.45) is 1.71. The summed E-state index contributed by atoms with van der Waals surface area (Å²) in [6, 6.07) is 6.25. The van der Waals surface area contributed by atoms with Crippen LogP contribution >= 0.6 is 0 Å². The normalized spacial score (nSPS) is 11.8. The average Bonchev–Trinajstić information content (AvgIpc) is 2.79. The van der Waals surface area contributed by atoms with Gasteiger partial charge in [0.15, 0.2) is 0 Å². The van der Waals surface area contributed by atoms with Crippen molar-refractivity contribution in [3.05, 3.63) is 41.3 Å². The first kappa shape index (κ1) is 12.8. The van der Waals surface area contributed by atoms with Crippen molar-refractivity contribution in [2.75, 3.05) is 6.54 Å². The molecule has 0 unspecified atom stereocenters. The minimum absolute atomic E-state index is 0.152. The van der Waals surface area contributed by atoms with E-state index in [0.29, 0.717) is 12.4 Å². The standard InChI is InChI=1S/C15H20N2O/c1-10-5-6-12(11(2)7-10)14-17-13(8-18-14)15(3,4)9-16/h5-8H,9,16H2,1-4H3. The van der Waals surface area contributed by atoms with E-state index in [2.05, 4.69) is 50.9 Å². The Labute approximate surface area is 108 Å². The number of hydrogen-bond donors (Lipinski definition) is 1. The van der Waals surface area contributed by atoms with E-state index in [0.717, 1.165) is 11.3 Å². The Morgan fingerprint density at radius 3 is 2.61 bits per heavy atom. The van der Waals surface area contributed by atoms with E-state index < -0.39 is 0 Å². The van der Waals surface area contributed by atoms with Gasteiger partial charge in [0, 0.05) is 17.5 Å². The van der Waals surface area contributed by atoms with Crippen molar-refractivity contribution in [1.29, 1.82) is 0 Å². The van der Waals surface area contributed by atoms with Crippen molar-refractivity contribution in [1.82, 2.24) is 4.98 Å². The van der Waals surface area contributed by atoms with Crippen molar-refractivity contribution < 1.29 is 4.42 Å². The van der Waals surface area contributed by atoms with Crippen LogP contribution in [0.5, 0.6) is 0 Å². The molecule has 0 radical (unpaired) electrons. The third kappa shape index (κ3) is 2.31. The Morgan fingerprint density at radius 2 is 2.00 bits per heavy atom. The molecule has 96 valence electrons. The highest BCUT2D eigenvalue weighted by molar-refractivity contribution is 5.59. The maximum absolute atomic E-state index is 5.75. The monoisotopic (exact) mass is 244 g/mol. The SMILES string of the molecule is Cc1ccc(-c2nc(C(C)(C)CN)co2)c(C)c1. The lowest BCUT2D eigenvalue weighted by atomic mass is 9.90. The van der Waals surface area contributed by atoms with Crippen molar-refractivity contribution in [3.63, 3.8) is 0 Å². The molecule has 0 fully saturated rings. The molecule has 2 rings (SSSR count). The van der Waals surface area contributed by atoms with Gasteiger partial charge in [-0.2, -0.15) is 0 Å². The molecule has 0 amide bonds. The molecule has 1 heterocycles. The molecule has 3 nitrogen and oxygen atoms in total. The summed E-state index contributed by atoms with van der Waals surface area (Å²) in [6.45, 7) is 8.83. The van der Waals surface area contributed by atoms with Crippen LogP contribution in [-0.2, 0) is 5.41 Å². The number of benzene rings is 1. The Morgan fingerprint density at radius 1 is 1.28 bits per heavy atom. The Bertz CT molecular complexity index is 555. The molecule has 0 spiro atoms. The quantitative estimate of drug-likeness (QED) is 0.902. The number of aryl methyl sites for hydroxylation is 2. The fourth-order valence-electron chi connectivity index (χ4n) is 1.87. The van der Waals surface area contributed by atoms with Gasteiger partial charge in [0.05, 0.1) is 5.69 Å². The summed E-state index contributed by atoms with van der Waals surface area (Å²) in [7, 11) is 0. The molecule has 1 aromatic carbocycles. The smallest absolute Gasteiger partial charge is 0.226 e. The molecule has 2 aromatic rings. The second kappa shape index (κ2) is 4.58. The number of nitrogens with two attached hydrogens (primary N) is 1. The average molecular weight is 244 g/mol. The Balaban J connectivity index is 2.41. The summed E-state index contributed by atoms with van der Waals surface area (Å²) >= 11 is 0.